The number of nitrogens with zero attached hydrogens (tertiary/aromatic N) is 1. The Morgan fingerprint density at radius 1 is 0.778 bits per heavy atom. The van der Waals surface area contributed by atoms with Gasteiger partial charge in [-0.05, 0) is 0 Å². The van der Waals surface area contributed by atoms with Gasteiger partial charge in [-0.25, -0.2) is 0 Å². The first kappa shape index (κ1) is 40.1. The molecule has 0 heterocycles. The molecule has 0 spiro atoms. The van der Waals surface area contributed by atoms with Crippen LogP contribution in [0, 0.1) is 99.6 Å². The number of ether oxygens (including phenoxy) is 2. The summed E-state index contributed by atoms with van der Waals surface area (Å²) in [6.45, 7) is 11.3. The van der Waals surface area contributed by atoms with E-state index in [9.17, 15) is 24.0 Å². The Kier molecular flexibility index (Phi) is 29.2. The molecule has 0 aliphatic rings. The van der Waals surface area contributed by atoms with Gasteiger partial charge >= 0.3 is 5.97 Å². The first-order valence-corrected chi connectivity index (χ1v) is 11.0. The van der Waals surface area contributed by atoms with E-state index in [1.165, 1.54) is 0 Å². The van der Waals surface area contributed by atoms with Gasteiger partial charge in [0.05, 0.1) is 51.2 Å². The third-order valence-electron chi connectivity index (χ3n) is 4.28. The minimum atomic E-state index is -1.02. The molecule has 0 aliphatic heterocycles. The van der Waals surface area contributed by atoms with Crippen molar-refractivity contribution in [3.05, 3.63) is 13.8 Å². The van der Waals surface area contributed by atoms with E-state index in [4.69, 9.17) is 14.6 Å². The maximum absolute atomic E-state index is 12.1. The number of amides is 4. The molecule has 0 rings (SSSR count). The quantitative estimate of drug-likeness (QED) is 0.0663. The number of rotatable bonds is 20. The van der Waals surface area contributed by atoms with E-state index in [1.54, 1.807) is 11.8 Å². The summed E-state index contributed by atoms with van der Waals surface area (Å²) in [6, 6.07) is 0. The van der Waals surface area contributed by atoms with E-state index >= 15 is 0 Å². The van der Waals surface area contributed by atoms with E-state index in [-0.39, 0.29) is 124 Å². The molecular formula is C21H37Gd2N5O8-2. The average molecular weight is 802 g/mol. The van der Waals surface area contributed by atoms with E-state index in [2.05, 4.69) is 35.1 Å². The minimum Gasteiger partial charge on any atom is -0.481 e. The molecule has 0 fully saturated rings. The average Bonchev–Trinajstić information content (AvgIpc) is 2.73. The number of carbonyl (C=O) groups is 5. The predicted molar refractivity (Wildman–Crippen MR) is 122 cm³/mol. The van der Waals surface area contributed by atoms with Crippen LogP contribution in [0.25, 0.3) is 0 Å². The summed E-state index contributed by atoms with van der Waals surface area (Å²) in [5, 5.41) is 19.1. The monoisotopic (exact) mass is 803 g/mol. The number of hydrogen-bond acceptors (Lipinski definition) is 8. The van der Waals surface area contributed by atoms with Crippen LogP contribution < -0.4 is 21.3 Å². The topological polar surface area (TPSA) is 175 Å². The number of aliphatic carboxylic acids is 1. The van der Waals surface area contributed by atoms with Gasteiger partial charge in [0, 0.05) is 125 Å². The van der Waals surface area contributed by atoms with Gasteiger partial charge < -0.3 is 59.3 Å². The Labute approximate surface area is 276 Å². The molecule has 0 aromatic carbocycles. The minimum absolute atomic E-state index is 0. The molecule has 0 bridgehead atoms. The zero-order valence-corrected chi connectivity index (χ0v) is 25.0. The second-order valence-electron chi connectivity index (χ2n) is 7.34. The van der Waals surface area contributed by atoms with Crippen molar-refractivity contribution in [2.75, 3.05) is 72.2 Å². The zero-order valence-electron chi connectivity index (χ0n) is 20.4. The van der Waals surface area contributed by atoms with Crippen LogP contribution in [-0.2, 0) is 33.4 Å². The van der Waals surface area contributed by atoms with Crippen molar-refractivity contribution in [2.45, 2.75) is 13.3 Å². The van der Waals surface area contributed by atoms with Crippen LogP contribution in [-0.4, -0.2) is 112 Å². The number of carboxylic acid groups (broad SMARTS) is 1. The van der Waals surface area contributed by atoms with E-state index in [0.29, 0.717) is 45.9 Å². The van der Waals surface area contributed by atoms with Crippen LogP contribution in [0.5, 0.6) is 0 Å². The SMILES string of the molecule is [CH2-]C(=O)NCCN(CCNC([CH2-])=O)CC(=O)NCCOCCOCCNC(=O)[C@@H](C)CC(=O)O.[Gd].[Gd]. The summed E-state index contributed by atoms with van der Waals surface area (Å²) < 4.78 is 10.7. The summed E-state index contributed by atoms with van der Waals surface area (Å²) in [7, 11) is 0. The number of carboxylic acids is 1. The molecule has 0 unspecified atom stereocenters. The molecule has 212 valence electrons. The maximum Gasteiger partial charge on any atom is 0.304 e. The Morgan fingerprint density at radius 3 is 1.69 bits per heavy atom. The van der Waals surface area contributed by atoms with Gasteiger partial charge in [0.1, 0.15) is 0 Å². The molecule has 0 saturated heterocycles. The molecule has 36 heavy (non-hydrogen) atoms. The number of carbonyl (C=O) groups excluding carboxylic acids is 4. The summed E-state index contributed by atoms with van der Waals surface area (Å²) >= 11 is 0. The summed E-state index contributed by atoms with van der Waals surface area (Å²) in [4.78, 5) is 57.9. The van der Waals surface area contributed by atoms with Crippen LogP contribution in [0.3, 0.4) is 0 Å². The van der Waals surface area contributed by atoms with Gasteiger partial charge in [0.15, 0.2) is 0 Å². The summed E-state index contributed by atoms with van der Waals surface area (Å²) in [5.74, 6) is -3.01. The number of hydrogen-bond donors (Lipinski definition) is 5. The van der Waals surface area contributed by atoms with Crippen molar-refractivity contribution in [2.24, 2.45) is 5.92 Å². The fourth-order valence-corrected chi connectivity index (χ4v) is 2.60. The summed E-state index contributed by atoms with van der Waals surface area (Å²) in [6.07, 6.45) is -0.224. The molecule has 0 saturated carbocycles. The Morgan fingerprint density at radius 2 is 1.25 bits per heavy atom. The van der Waals surface area contributed by atoms with Gasteiger partial charge in [0.25, 0.3) is 0 Å². The van der Waals surface area contributed by atoms with Crippen molar-refractivity contribution in [1.29, 1.82) is 0 Å². The molecule has 0 aromatic rings. The van der Waals surface area contributed by atoms with Crippen LogP contribution >= 0.6 is 0 Å². The van der Waals surface area contributed by atoms with Gasteiger partial charge in [-0.15, -0.1) is 0 Å². The second kappa shape index (κ2) is 26.2. The van der Waals surface area contributed by atoms with E-state index in [0.717, 1.165) is 0 Å². The fraction of sp³-hybridized carbons (Fsp3) is 0.667. The van der Waals surface area contributed by atoms with Crippen LogP contribution in [0.4, 0.5) is 0 Å². The zero-order chi connectivity index (χ0) is 25.8. The molecule has 0 radical (unpaired) electrons. The van der Waals surface area contributed by atoms with Gasteiger partial charge in [-0.3, -0.25) is 19.3 Å². The molecule has 13 nitrogen and oxygen atoms in total. The normalized spacial score (nSPS) is 10.8. The first-order valence-electron chi connectivity index (χ1n) is 11.0. The van der Waals surface area contributed by atoms with Crippen molar-refractivity contribution in [1.82, 2.24) is 26.2 Å². The third kappa shape index (κ3) is 26.7. The fourth-order valence-electron chi connectivity index (χ4n) is 2.60. The van der Waals surface area contributed by atoms with Gasteiger partial charge in [-0.1, -0.05) is 6.92 Å². The third-order valence-corrected chi connectivity index (χ3v) is 4.28. The Bertz CT molecular complexity index is 638. The van der Waals surface area contributed by atoms with Crippen LogP contribution in [0.15, 0.2) is 0 Å². The van der Waals surface area contributed by atoms with Crippen molar-refractivity contribution in [3.63, 3.8) is 0 Å². The molecule has 5 N–H and O–H groups in total. The Balaban J connectivity index is -0.00000544. The first-order chi connectivity index (χ1) is 16.1. The van der Waals surface area contributed by atoms with Gasteiger partial charge in [-0.2, -0.15) is 0 Å². The largest absolute Gasteiger partial charge is 0.481 e. The molecular weight excluding hydrogens is 765 g/mol. The second-order valence-corrected chi connectivity index (χ2v) is 7.34. The van der Waals surface area contributed by atoms with Gasteiger partial charge in [0.2, 0.25) is 11.8 Å². The predicted octanol–water partition coefficient (Wildman–Crippen LogP) is -2.43. The summed E-state index contributed by atoms with van der Waals surface area (Å²) in [5.41, 5.74) is 0. The standard InChI is InChI=1S/C21H37N5O8.2Gd/c1-16(14-20(30)31)21(32)25-7-11-34-13-12-33-10-6-24-19(29)15-26(8-4-22-17(2)27)9-5-23-18(3)28;;/h16H,2-15H2,1H3,(H,22,27)(H,23,28)(H,24,29)(H,25,32)(H,30,31);;/q-2;;/t16-;;/m0../s1. The van der Waals surface area contributed by atoms with Crippen LogP contribution in [0.2, 0.25) is 0 Å². The number of nitrogens with one attached hydrogen (secondary N) is 4. The molecule has 15 heteroatoms. The Hall–Kier alpha value is -0.381. The van der Waals surface area contributed by atoms with Crippen molar-refractivity contribution in [3.8, 4) is 0 Å². The molecule has 0 aliphatic carbocycles. The van der Waals surface area contributed by atoms with E-state index < -0.39 is 23.7 Å². The van der Waals surface area contributed by atoms with E-state index in [1.807, 2.05) is 0 Å². The molecule has 0 aromatic heterocycles. The maximum atomic E-state index is 12.1. The van der Waals surface area contributed by atoms with Crippen molar-refractivity contribution < 1.29 is 118 Å². The molecule has 4 amide bonds. The molecule has 1 atom stereocenters. The smallest absolute Gasteiger partial charge is 0.304 e. The van der Waals surface area contributed by atoms with Crippen molar-refractivity contribution >= 4 is 29.6 Å². The van der Waals surface area contributed by atoms with Crippen LogP contribution in [0.1, 0.15) is 13.3 Å².